The van der Waals surface area contributed by atoms with Crippen molar-refractivity contribution in [1.82, 2.24) is 5.32 Å². The highest BCUT2D eigenvalue weighted by atomic mass is 35.5. The quantitative estimate of drug-likeness (QED) is 0.556. The summed E-state index contributed by atoms with van der Waals surface area (Å²) in [4.78, 5) is 36.8. The van der Waals surface area contributed by atoms with Gasteiger partial charge in [0.1, 0.15) is 6.04 Å². The van der Waals surface area contributed by atoms with Crippen LogP contribution in [0.3, 0.4) is 0 Å². The summed E-state index contributed by atoms with van der Waals surface area (Å²) >= 11 is 5.97. The number of rotatable bonds is 8. The Hall–Kier alpha value is -2.66. The first kappa shape index (κ1) is 20.6. The Kier molecular flexibility index (Phi) is 7.55. The van der Waals surface area contributed by atoms with Crippen LogP contribution in [0, 0.1) is 5.92 Å². The Morgan fingerprint density at radius 1 is 1.00 bits per heavy atom. The fourth-order valence-corrected chi connectivity index (χ4v) is 2.74. The molecule has 0 aliphatic carbocycles. The molecule has 0 aliphatic heterocycles. The maximum absolute atomic E-state index is 12.4. The highest BCUT2D eigenvalue weighted by Gasteiger charge is 2.26. The largest absolute Gasteiger partial charge is 0.456 e. The van der Waals surface area contributed by atoms with Gasteiger partial charge in [-0.05, 0) is 23.6 Å². The smallest absolute Gasteiger partial charge is 0.329 e. The van der Waals surface area contributed by atoms with E-state index in [-0.39, 0.29) is 18.2 Å². The highest BCUT2D eigenvalue weighted by molar-refractivity contribution is 6.34. The van der Waals surface area contributed by atoms with Crippen molar-refractivity contribution in [3.63, 3.8) is 0 Å². The van der Waals surface area contributed by atoms with Crippen LogP contribution in [-0.4, -0.2) is 30.3 Å². The highest BCUT2D eigenvalue weighted by Crippen LogP contribution is 2.16. The predicted octanol–water partition coefficient (Wildman–Crippen LogP) is 3.45. The molecule has 1 amide bonds. The van der Waals surface area contributed by atoms with E-state index in [4.69, 9.17) is 16.3 Å². The lowest BCUT2D eigenvalue weighted by molar-refractivity contribution is -0.148. The molecule has 2 aromatic rings. The van der Waals surface area contributed by atoms with E-state index in [1.165, 1.54) is 0 Å². The number of halogens is 1. The Morgan fingerprint density at radius 3 is 2.26 bits per heavy atom. The number of Topliss-reactive ketones (excluding diaryl/α,β-unsaturated/α-hetero) is 1. The van der Waals surface area contributed by atoms with Gasteiger partial charge in [0.2, 0.25) is 11.7 Å². The molecule has 0 fully saturated rings. The summed E-state index contributed by atoms with van der Waals surface area (Å²) < 4.78 is 5.13. The van der Waals surface area contributed by atoms with Crippen LogP contribution in [0.25, 0.3) is 0 Å². The molecule has 0 radical (unpaired) electrons. The molecule has 27 heavy (non-hydrogen) atoms. The van der Waals surface area contributed by atoms with Crippen molar-refractivity contribution in [1.29, 1.82) is 0 Å². The van der Waals surface area contributed by atoms with Gasteiger partial charge in [0.15, 0.2) is 6.61 Å². The molecule has 5 nitrogen and oxygen atoms in total. The lowest BCUT2D eigenvalue weighted by Crippen LogP contribution is -2.46. The fourth-order valence-electron chi connectivity index (χ4n) is 2.50. The second-order valence-corrected chi connectivity index (χ2v) is 6.87. The molecule has 0 aromatic heterocycles. The third kappa shape index (κ3) is 6.22. The number of hydrogen-bond acceptors (Lipinski definition) is 4. The first-order valence-electron chi connectivity index (χ1n) is 8.66. The molecule has 0 aliphatic rings. The van der Waals surface area contributed by atoms with Crippen LogP contribution in [0.15, 0.2) is 54.6 Å². The summed E-state index contributed by atoms with van der Waals surface area (Å²) in [5, 5.41) is 2.99. The number of carbonyl (C=O) groups excluding carboxylic acids is 3. The van der Waals surface area contributed by atoms with Gasteiger partial charge in [-0.3, -0.25) is 9.59 Å². The maximum atomic E-state index is 12.4. The van der Waals surface area contributed by atoms with Crippen LogP contribution in [0.1, 0.15) is 29.8 Å². The van der Waals surface area contributed by atoms with Crippen molar-refractivity contribution in [3.05, 3.63) is 70.7 Å². The van der Waals surface area contributed by atoms with E-state index in [0.29, 0.717) is 10.6 Å². The lowest BCUT2D eigenvalue weighted by Gasteiger charge is -2.20. The maximum Gasteiger partial charge on any atom is 0.329 e. The van der Waals surface area contributed by atoms with Gasteiger partial charge in [-0.25, -0.2) is 4.79 Å². The van der Waals surface area contributed by atoms with Crippen LogP contribution in [0.2, 0.25) is 5.02 Å². The van der Waals surface area contributed by atoms with Crippen molar-refractivity contribution in [3.8, 4) is 0 Å². The van der Waals surface area contributed by atoms with E-state index in [1.54, 1.807) is 38.1 Å². The van der Waals surface area contributed by atoms with Gasteiger partial charge in [-0.15, -0.1) is 0 Å². The molecule has 6 heteroatoms. The molecule has 1 atom stereocenters. The number of ketones is 1. The number of benzene rings is 2. The van der Waals surface area contributed by atoms with Crippen molar-refractivity contribution in [2.75, 3.05) is 6.61 Å². The Labute approximate surface area is 163 Å². The summed E-state index contributed by atoms with van der Waals surface area (Å²) in [6.45, 7) is 3.16. The first-order chi connectivity index (χ1) is 12.9. The number of esters is 1. The van der Waals surface area contributed by atoms with Gasteiger partial charge in [0.05, 0.1) is 11.4 Å². The fraction of sp³-hybridized carbons (Fsp3) is 0.286. The molecule has 0 bridgehead atoms. The monoisotopic (exact) mass is 387 g/mol. The summed E-state index contributed by atoms with van der Waals surface area (Å²) in [7, 11) is 0. The predicted molar refractivity (Wildman–Crippen MR) is 104 cm³/mol. The normalized spacial score (nSPS) is 11.7. The molecule has 0 saturated carbocycles. The minimum Gasteiger partial charge on any atom is -0.456 e. The molecular formula is C21H22ClNO4. The van der Waals surface area contributed by atoms with Gasteiger partial charge in [0.25, 0.3) is 0 Å². The zero-order valence-electron chi connectivity index (χ0n) is 15.3. The molecule has 0 unspecified atom stereocenters. The van der Waals surface area contributed by atoms with Gasteiger partial charge in [-0.1, -0.05) is 67.9 Å². The number of amides is 1. The summed E-state index contributed by atoms with van der Waals surface area (Å²) in [6, 6.07) is 15.0. The van der Waals surface area contributed by atoms with E-state index >= 15 is 0 Å². The second kappa shape index (κ2) is 9.88. The van der Waals surface area contributed by atoms with Crippen LogP contribution < -0.4 is 5.32 Å². The SMILES string of the molecule is CC(C)[C@H](NC(=O)Cc1ccccc1)C(=O)OCC(=O)c1ccccc1Cl. The molecule has 142 valence electrons. The van der Waals surface area contributed by atoms with Crippen molar-refractivity contribution >= 4 is 29.3 Å². The van der Waals surface area contributed by atoms with Gasteiger partial charge < -0.3 is 10.1 Å². The third-order valence-corrected chi connectivity index (χ3v) is 4.29. The molecule has 0 heterocycles. The average molecular weight is 388 g/mol. The van der Waals surface area contributed by atoms with E-state index < -0.39 is 24.4 Å². The van der Waals surface area contributed by atoms with Gasteiger partial charge in [0, 0.05) is 5.56 Å². The van der Waals surface area contributed by atoms with Gasteiger partial charge >= 0.3 is 5.97 Å². The van der Waals surface area contributed by atoms with E-state index in [9.17, 15) is 14.4 Å². The zero-order chi connectivity index (χ0) is 19.8. The summed E-state index contributed by atoms with van der Waals surface area (Å²) in [5.41, 5.74) is 1.14. The summed E-state index contributed by atoms with van der Waals surface area (Å²) in [5.74, 6) is -1.51. The van der Waals surface area contributed by atoms with Crippen LogP contribution in [0.5, 0.6) is 0 Å². The number of nitrogens with one attached hydrogen (secondary N) is 1. The Bertz CT molecular complexity index is 805. The molecule has 1 N–H and O–H groups in total. The molecule has 0 saturated heterocycles. The zero-order valence-corrected chi connectivity index (χ0v) is 16.0. The molecule has 2 rings (SSSR count). The van der Waals surface area contributed by atoms with E-state index in [1.807, 2.05) is 30.3 Å². The standard InChI is InChI=1S/C21H22ClNO4/c1-14(2)20(23-19(25)12-15-8-4-3-5-9-15)21(26)27-13-18(24)16-10-6-7-11-17(16)22/h3-11,14,20H,12-13H2,1-2H3,(H,23,25)/t20-/m0/s1. The Morgan fingerprint density at radius 2 is 1.63 bits per heavy atom. The van der Waals surface area contributed by atoms with Crippen LogP contribution in [-0.2, 0) is 20.7 Å². The van der Waals surface area contributed by atoms with Crippen molar-refractivity contribution in [2.24, 2.45) is 5.92 Å². The Balaban J connectivity index is 1.93. The molecular weight excluding hydrogens is 366 g/mol. The van der Waals surface area contributed by atoms with Crippen LogP contribution in [0.4, 0.5) is 0 Å². The number of carbonyl (C=O) groups is 3. The topological polar surface area (TPSA) is 72.5 Å². The first-order valence-corrected chi connectivity index (χ1v) is 9.04. The molecule has 0 spiro atoms. The number of hydrogen-bond donors (Lipinski definition) is 1. The van der Waals surface area contributed by atoms with Crippen molar-refractivity contribution in [2.45, 2.75) is 26.3 Å². The van der Waals surface area contributed by atoms with Crippen LogP contribution >= 0.6 is 11.6 Å². The summed E-state index contributed by atoms with van der Waals surface area (Å²) in [6.07, 6.45) is 0.163. The lowest BCUT2D eigenvalue weighted by atomic mass is 10.0. The number of ether oxygens (including phenoxy) is 1. The average Bonchev–Trinajstić information content (AvgIpc) is 2.65. The minimum absolute atomic E-state index is 0.163. The van der Waals surface area contributed by atoms with Crippen molar-refractivity contribution < 1.29 is 19.1 Å². The minimum atomic E-state index is -0.833. The van der Waals surface area contributed by atoms with E-state index in [2.05, 4.69) is 5.32 Å². The van der Waals surface area contributed by atoms with Gasteiger partial charge in [-0.2, -0.15) is 0 Å². The molecule has 2 aromatic carbocycles. The second-order valence-electron chi connectivity index (χ2n) is 6.46. The van der Waals surface area contributed by atoms with E-state index in [0.717, 1.165) is 5.56 Å². The third-order valence-electron chi connectivity index (χ3n) is 3.96.